The van der Waals surface area contributed by atoms with Crippen LogP contribution in [0.5, 0.6) is 0 Å². The van der Waals surface area contributed by atoms with Gasteiger partial charge >= 0.3 is 0 Å². The number of nitrogens with one attached hydrogen (secondary N) is 1. The monoisotopic (exact) mass is 329 g/mol. The van der Waals surface area contributed by atoms with Crippen LogP contribution in [0.3, 0.4) is 0 Å². The molecule has 1 saturated carbocycles. The van der Waals surface area contributed by atoms with E-state index in [2.05, 4.69) is 43.1 Å². The number of ether oxygens (including phenoxy) is 1. The van der Waals surface area contributed by atoms with E-state index in [0.717, 1.165) is 22.8 Å². The molecule has 7 heteroatoms. The van der Waals surface area contributed by atoms with Gasteiger partial charge in [-0.25, -0.2) is 15.8 Å². The number of hydrogen-bond acceptors (Lipinski definition) is 6. The summed E-state index contributed by atoms with van der Waals surface area (Å²) in [6.45, 7) is 3.70. The van der Waals surface area contributed by atoms with Crippen LogP contribution in [0.4, 0.5) is 11.6 Å². The van der Waals surface area contributed by atoms with Crippen LogP contribution >= 0.6 is 15.9 Å². The van der Waals surface area contributed by atoms with Gasteiger partial charge in [0.1, 0.15) is 16.6 Å². The van der Waals surface area contributed by atoms with Crippen molar-refractivity contribution in [1.29, 1.82) is 0 Å². The summed E-state index contributed by atoms with van der Waals surface area (Å²) in [6, 6.07) is 0.437. The fourth-order valence-electron chi connectivity index (χ4n) is 2.19. The van der Waals surface area contributed by atoms with Crippen molar-refractivity contribution in [3.05, 3.63) is 10.8 Å². The molecule has 1 heterocycles. The standard InChI is InChI=1S/C12H20BrN5O/c1-8(9-3-4-9)18(5-6-19-2)12-10(13)11(17-14)15-7-16-12/h7-9H,3-6,14H2,1-2H3,(H,15,16,17). The van der Waals surface area contributed by atoms with Gasteiger partial charge in [-0.3, -0.25) is 0 Å². The minimum Gasteiger partial charge on any atom is -0.383 e. The Balaban J connectivity index is 2.25. The normalized spacial score (nSPS) is 16.2. The van der Waals surface area contributed by atoms with Crippen molar-refractivity contribution < 1.29 is 4.74 Å². The lowest BCUT2D eigenvalue weighted by Gasteiger charge is -2.31. The van der Waals surface area contributed by atoms with Gasteiger partial charge in [-0.2, -0.15) is 0 Å². The molecule has 1 aromatic rings. The molecule has 0 radical (unpaired) electrons. The fraction of sp³-hybridized carbons (Fsp3) is 0.667. The van der Waals surface area contributed by atoms with Gasteiger partial charge in [0.15, 0.2) is 5.82 Å². The molecule has 1 aromatic heterocycles. The molecule has 0 saturated heterocycles. The number of nitrogens with two attached hydrogens (primary N) is 1. The first kappa shape index (κ1) is 14.5. The third-order valence-electron chi connectivity index (χ3n) is 3.51. The van der Waals surface area contributed by atoms with Crippen LogP contribution in [0, 0.1) is 5.92 Å². The predicted molar refractivity (Wildman–Crippen MR) is 79.0 cm³/mol. The van der Waals surface area contributed by atoms with Crippen LogP contribution in [0.1, 0.15) is 19.8 Å². The van der Waals surface area contributed by atoms with Gasteiger partial charge < -0.3 is 15.1 Å². The van der Waals surface area contributed by atoms with Gasteiger partial charge in [-0.15, -0.1) is 0 Å². The smallest absolute Gasteiger partial charge is 0.159 e. The van der Waals surface area contributed by atoms with Gasteiger partial charge in [0, 0.05) is 19.7 Å². The maximum atomic E-state index is 5.45. The number of aromatic nitrogens is 2. The van der Waals surface area contributed by atoms with E-state index in [-0.39, 0.29) is 0 Å². The van der Waals surface area contributed by atoms with Crippen LogP contribution < -0.4 is 16.2 Å². The highest BCUT2D eigenvalue weighted by Gasteiger charge is 2.33. The summed E-state index contributed by atoms with van der Waals surface area (Å²) in [5.41, 5.74) is 2.57. The summed E-state index contributed by atoms with van der Waals surface area (Å²) in [5.74, 6) is 7.65. The topological polar surface area (TPSA) is 76.3 Å². The zero-order chi connectivity index (χ0) is 13.8. The predicted octanol–water partition coefficient (Wildman–Crippen LogP) is 1.78. The van der Waals surface area contributed by atoms with E-state index >= 15 is 0 Å². The molecule has 3 N–H and O–H groups in total. The highest BCUT2D eigenvalue weighted by molar-refractivity contribution is 9.10. The van der Waals surface area contributed by atoms with E-state index in [1.165, 1.54) is 19.2 Å². The molecule has 1 fully saturated rings. The molecule has 1 aliphatic rings. The lowest BCUT2D eigenvalue weighted by Crippen LogP contribution is -2.38. The Morgan fingerprint density at radius 3 is 2.89 bits per heavy atom. The van der Waals surface area contributed by atoms with Gasteiger partial charge in [0.05, 0.1) is 6.61 Å². The van der Waals surface area contributed by atoms with E-state index in [4.69, 9.17) is 10.6 Å². The Hall–Kier alpha value is -0.920. The molecule has 0 amide bonds. The third-order valence-corrected chi connectivity index (χ3v) is 4.24. The molecule has 0 spiro atoms. The second-order valence-electron chi connectivity index (χ2n) is 4.77. The largest absolute Gasteiger partial charge is 0.383 e. The second kappa shape index (κ2) is 6.49. The first-order valence-corrected chi connectivity index (χ1v) is 7.21. The zero-order valence-electron chi connectivity index (χ0n) is 11.3. The molecule has 1 unspecified atom stereocenters. The maximum Gasteiger partial charge on any atom is 0.159 e. The lowest BCUT2D eigenvalue weighted by atomic mass is 10.2. The van der Waals surface area contributed by atoms with Gasteiger partial charge in [0.25, 0.3) is 0 Å². The lowest BCUT2D eigenvalue weighted by molar-refractivity contribution is 0.202. The van der Waals surface area contributed by atoms with Gasteiger partial charge in [-0.05, 0) is 41.6 Å². The minimum absolute atomic E-state index is 0.437. The zero-order valence-corrected chi connectivity index (χ0v) is 12.9. The van der Waals surface area contributed by atoms with Crippen molar-refractivity contribution in [1.82, 2.24) is 9.97 Å². The summed E-state index contributed by atoms with van der Waals surface area (Å²) in [4.78, 5) is 10.7. The molecule has 0 aromatic carbocycles. The molecule has 1 atom stereocenters. The molecule has 2 rings (SSSR count). The van der Waals surface area contributed by atoms with Crippen molar-refractivity contribution in [2.75, 3.05) is 30.6 Å². The van der Waals surface area contributed by atoms with Gasteiger partial charge in [-0.1, -0.05) is 0 Å². The first-order valence-electron chi connectivity index (χ1n) is 6.41. The highest BCUT2D eigenvalue weighted by Crippen LogP contribution is 2.38. The van der Waals surface area contributed by atoms with Crippen molar-refractivity contribution in [2.24, 2.45) is 11.8 Å². The summed E-state index contributed by atoms with van der Waals surface area (Å²) in [5, 5.41) is 0. The Labute approximate surface area is 121 Å². The number of methoxy groups -OCH3 is 1. The number of anilines is 2. The van der Waals surface area contributed by atoms with Crippen molar-refractivity contribution >= 4 is 27.6 Å². The van der Waals surface area contributed by atoms with Crippen molar-refractivity contribution in [3.8, 4) is 0 Å². The molecule has 106 valence electrons. The van der Waals surface area contributed by atoms with E-state index in [0.29, 0.717) is 18.5 Å². The maximum absolute atomic E-state index is 5.45. The third kappa shape index (κ3) is 3.34. The molecular formula is C12H20BrN5O. The van der Waals surface area contributed by atoms with Crippen molar-refractivity contribution in [3.63, 3.8) is 0 Å². The van der Waals surface area contributed by atoms with Gasteiger partial charge in [0.2, 0.25) is 0 Å². The van der Waals surface area contributed by atoms with Crippen LogP contribution in [0.25, 0.3) is 0 Å². The molecule has 0 aliphatic heterocycles. The Kier molecular flexibility index (Phi) is 4.95. The molecule has 19 heavy (non-hydrogen) atoms. The summed E-state index contributed by atoms with van der Waals surface area (Å²) >= 11 is 3.52. The van der Waals surface area contributed by atoms with Crippen molar-refractivity contribution in [2.45, 2.75) is 25.8 Å². The number of hydrazine groups is 1. The second-order valence-corrected chi connectivity index (χ2v) is 5.56. The van der Waals surface area contributed by atoms with E-state index < -0.39 is 0 Å². The van der Waals surface area contributed by atoms with Crippen LogP contribution in [0.2, 0.25) is 0 Å². The van der Waals surface area contributed by atoms with Crippen LogP contribution in [0.15, 0.2) is 10.8 Å². The summed E-state index contributed by atoms with van der Waals surface area (Å²) in [7, 11) is 1.71. The fourth-order valence-corrected chi connectivity index (χ4v) is 2.73. The first-order chi connectivity index (χ1) is 9.19. The highest BCUT2D eigenvalue weighted by atomic mass is 79.9. The summed E-state index contributed by atoms with van der Waals surface area (Å²) in [6.07, 6.45) is 4.10. The number of rotatable bonds is 7. The minimum atomic E-state index is 0.437. The Bertz CT molecular complexity index is 427. The number of hydrogen-bond donors (Lipinski definition) is 2. The Morgan fingerprint density at radius 2 is 2.32 bits per heavy atom. The van der Waals surface area contributed by atoms with Crippen LogP contribution in [-0.2, 0) is 4.74 Å². The average molecular weight is 330 g/mol. The Morgan fingerprint density at radius 1 is 1.58 bits per heavy atom. The summed E-state index contributed by atoms with van der Waals surface area (Å²) < 4.78 is 5.99. The number of nitrogens with zero attached hydrogens (tertiary/aromatic N) is 3. The number of nitrogen functional groups attached to an aromatic ring is 1. The quantitative estimate of drug-likeness (QED) is 0.586. The number of halogens is 1. The average Bonchev–Trinajstić information content (AvgIpc) is 3.25. The van der Waals surface area contributed by atoms with Crippen LogP contribution in [-0.4, -0.2) is 36.3 Å². The molecule has 0 bridgehead atoms. The molecule has 6 nitrogen and oxygen atoms in total. The van der Waals surface area contributed by atoms with E-state index in [1.807, 2.05) is 0 Å². The SMILES string of the molecule is COCCN(c1ncnc(NN)c1Br)C(C)C1CC1. The van der Waals surface area contributed by atoms with E-state index in [9.17, 15) is 0 Å². The van der Waals surface area contributed by atoms with E-state index in [1.54, 1.807) is 7.11 Å². The molecular weight excluding hydrogens is 310 g/mol. The molecule has 1 aliphatic carbocycles.